The van der Waals surface area contributed by atoms with Gasteiger partial charge in [-0.3, -0.25) is 0 Å². The van der Waals surface area contributed by atoms with E-state index in [1.54, 1.807) is 14.2 Å². The van der Waals surface area contributed by atoms with Crippen molar-refractivity contribution in [3.63, 3.8) is 0 Å². The third-order valence-corrected chi connectivity index (χ3v) is 4.87. The topological polar surface area (TPSA) is 59.5 Å². The van der Waals surface area contributed by atoms with Gasteiger partial charge in [0.25, 0.3) is 0 Å². The number of nitrogens with one attached hydrogen (secondary N) is 1. The van der Waals surface area contributed by atoms with Crippen LogP contribution in [0.25, 0.3) is 0 Å². The maximum atomic E-state index is 5.39. The number of anilines is 4. The van der Waals surface area contributed by atoms with Crippen LogP contribution in [0.1, 0.15) is 17.8 Å². The van der Waals surface area contributed by atoms with Crippen LogP contribution in [0.15, 0.2) is 48.5 Å². The molecule has 2 heterocycles. The molecule has 0 radical (unpaired) electrons. The fourth-order valence-corrected chi connectivity index (χ4v) is 3.59. The summed E-state index contributed by atoms with van der Waals surface area (Å²) in [5.41, 5.74) is 3.46. The van der Waals surface area contributed by atoms with Crippen LogP contribution in [0.3, 0.4) is 0 Å². The van der Waals surface area contributed by atoms with Gasteiger partial charge in [0.15, 0.2) is 11.5 Å². The van der Waals surface area contributed by atoms with E-state index in [0.29, 0.717) is 11.5 Å². The Kier molecular flexibility index (Phi) is 5.02. The van der Waals surface area contributed by atoms with Crippen molar-refractivity contribution in [3.05, 3.63) is 59.9 Å². The lowest BCUT2D eigenvalue weighted by Gasteiger charge is -2.30. The fourth-order valence-electron chi connectivity index (χ4n) is 3.59. The lowest BCUT2D eigenvalue weighted by Crippen LogP contribution is -2.25. The van der Waals surface area contributed by atoms with Crippen molar-refractivity contribution in [1.29, 1.82) is 0 Å². The first-order valence-corrected chi connectivity index (χ1v) is 9.38. The van der Waals surface area contributed by atoms with E-state index in [1.165, 1.54) is 11.3 Å². The number of benzene rings is 2. The Morgan fingerprint density at radius 2 is 1.79 bits per heavy atom. The molecule has 0 unspecified atom stereocenters. The number of aromatic nitrogens is 2. The van der Waals surface area contributed by atoms with Gasteiger partial charge in [-0.05, 0) is 43.5 Å². The normalized spacial score (nSPS) is 13.0. The molecule has 0 bridgehead atoms. The molecule has 0 saturated carbocycles. The fraction of sp³-hybridized carbons (Fsp3) is 0.273. The van der Waals surface area contributed by atoms with Crippen LogP contribution >= 0.6 is 0 Å². The summed E-state index contributed by atoms with van der Waals surface area (Å²) >= 11 is 0. The second kappa shape index (κ2) is 7.76. The molecule has 2 aromatic carbocycles. The highest BCUT2D eigenvalue weighted by atomic mass is 16.5. The summed E-state index contributed by atoms with van der Waals surface area (Å²) in [6, 6.07) is 16.2. The van der Waals surface area contributed by atoms with Crippen LogP contribution in [0, 0.1) is 6.92 Å². The Balaban J connectivity index is 1.66. The number of fused-ring (bicyclic) bond motifs is 1. The molecule has 0 fully saturated rings. The zero-order valence-electron chi connectivity index (χ0n) is 16.4. The average molecular weight is 376 g/mol. The number of hydrogen-bond acceptors (Lipinski definition) is 6. The van der Waals surface area contributed by atoms with E-state index >= 15 is 0 Å². The second-order valence-corrected chi connectivity index (χ2v) is 6.74. The first-order chi connectivity index (χ1) is 13.7. The number of hydrogen-bond donors (Lipinski definition) is 1. The molecule has 1 aromatic heterocycles. The molecular formula is C22H24N4O2. The molecule has 28 heavy (non-hydrogen) atoms. The van der Waals surface area contributed by atoms with Gasteiger partial charge in [-0.25, -0.2) is 9.97 Å². The maximum Gasteiger partial charge on any atom is 0.162 e. The standard InChI is InChI=1S/C22H24N4O2/c1-15-23-21(25-17-10-11-19(27-2)20(13-17)28-3)14-22(24-15)26-12-6-8-16-7-4-5-9-18(16)26/h4-5,7,9-11,13-14H,6,8,12H2,1-3H3,(H,23,24,25). The number of aryl methyl sites for hydroxylation is 2. The Labute approximate surface area is 165 Å². The zero-order valence-corrected chi connectivity index (χ0v) is 16.4. The number of methoxy groups -OCH3 is 2. The van der Waals surface area contributed by atoms with Crippen LogP contribution in [-0.4, -0.2) is 30.7 Å². The van der Waals surface area contributed by atoms with E-state index in [0.717, 1.165) is 42.5 Å². The Bertz CT molecular complexity index is 990. The molecule has 0 saturated heterocycles. The highest BCUT2D eigenvalue weighted by Crippen LogP contribution is 2.34. The molecule has 3 aromatic rings. The first kappa shape index (κ1) is 18.1. The van der Waals surface area contributed by atoms with Crippen molar-refractivity contribution in [2.75, 3.05) is 31.0 Å². The molecule has 4 rings (SSSR count). The minimum Gasteiger partial charge on any atom is -0.493 e. The number of rotatable bonds is 5. The van der Waals surface area contributed by atoms with E-state index in [9.17, 15) is 0 Å². The molecule has 144 valence electrons. The summed E-state index contributed by atoms with van der Waals surface area (Å²) in [4.78, 5) is 11.5. The van der Waals surface area contributed by atoms with Gasteiger partial charge in [0.1, 0.15) is 17.5 Å². The summed E-state index contributed by atoms with van der Waals surface area (Å²) in [5, 5.41) is 3.36. The van der Waals surface area contributed by atoms with Crippen LogP contribution in [0.5, 0.6) is 11.5 Å². The van der Waals surface area contributed by atoms with E-state index in [1.807, 2.05) is 31.2 Å². The monoisotopic (exact) mass is 376 g/mol. The van der Waals surface area contributed by atoms with Gasteiger partial charge in [-0.15, -0.1) is 0 Å². The molecule has 0 spiro atoms. The molecule has 0 amide bonds. The summed E-state index contributed by atoms with van der Waals surface area (Å²) < 4.78 is 10.7. The predicted molar refractivity (Wildman–Crippen MR) is 111 cm³/mol. The van der Waals surface area contributed by atoms with Crippen LogP contribution in [-0.2, 0) is 6.42 Å². The van der Waals surface area contributed by atoms with E-state index in [2.05, 4.69) is 44.5 Å². The predicted octanol–water partition coefficient (Wildman–Crippen LogP) is 4.63. The van der Waals surface area contributed by atoms with Crippen LogP contribution in [0.2, 0.25) is 0 Å². The third-order valence-electron chi connectivity index (χ3n) is 4.87. The highest BCUT2D eigenvalue weighted by molar-refractivity contribution is 5.69. The lowest BCUT2D eigenvalue weighted by molar-refractivity contribution is 0.355. The molecular weight excluding hydrogens is 352 g/mol. The second-order valence-electron chi connectivity index (χ2n) is 6.74. The van der Waals surface area contributed by atoms with Gasteiger partial charge in [0.2, 0.25) is 0 Å². The van der Waals surface area contributed by atoms with Crippen LogP contribution in [0.4, 0.5) is 23.0 Å². The van der Waals surface area contributed by atoms with Crippen molar-refractivity contribution in [1.82, 2.24) is 9.97 Å². The Morgan fingerprint density at radius 1 is 0.964 bits per heavy atom. The van der Waals surface area contributed by atoms with E-state index in [-0.39, 0.29) is 0 Å². The molecule has 1 aliphatic heterocycles. The van der Waals surface area contributed by atoms with Crippen molar-refractivity contribution < 1.29 is 9.47 Å². The Hall–Kier alpha value is -3.28. The van der Waals surface area contributed by atoms with Crippen LogP contribution < -0.4 is 19.7 Å². The maximum absolute atomic E-state index is 5.39. The molecule has 1 N–H and O–H groups in total. The lowest BCUT2D eigenvalue weighted by atomic mass is 10.0. The SMILES string of the molecule is COc1ccc(Nc2cc(N3CCCc4ccccc43)nc(C)n2)cc1OC. The number of para-hydroxylation sites is 1. The first-order valence-electron chi connectivity index (χ1n) is 9.38. The molecule has 6 heteroatoms. The summed E-state index contributed by atoms with van der Waals surface area (Å²) in [5.74, 6) is 3.74. The molecule has 6 nitrogen and oxygen atoms in total. The zero-order chi connectivity index (χ0) is 19.5. The quantitative estimate of drug-likeness (QED) is 0.701. The Morgan fingerprint density at radius 3 is 2.61 bits per heavy atom. The molecule has 1 aliphatic rings. The van der Waals surface area contributed by atoms with Gasteiger partial charge < -0.3 is 19.7 Å². The van der Waals surface area contributed by atoms with E-state index < -0.39 is 0 Å². The van der Waals surface area contributed by atoms with Gasteiger partial charge in [-0.2, -0.15) is 0 Å². The average Bonchev–Trinajstić information content (AvgIpc) is 2.72. The van der Waals surface area contributed by atoms with Gasteiger partial charge in [0, 0.05) is 30.1 Å². The number of nitrogens with zero attached hydrogens (tertiary/aromatic N) is 3. The van der Waals surface area contributed by atoms with Gasteiger partial charge >= 0.3 is 0 Å². The summed E-state index contributed by atoms with van der Waals surface area (Å²) in [6.07, 6.45) is 2.21. The minimum absolute atomic E-state index is 0.670. The minimum atomic E-state index is 0.670. The summed E-state index contributed by atoms with van der Waals surface area (Å²) in [7, 11) is 3.25. The van der Waals surface area contributed by atoms with Crippen molar-refractivity contribution in [2.24, 2.45) is 0 Å². The van der Waals surface area contributed by atoms with Gasteiger partial charge in [0.05, 0.1) is 14.2 Å². The molecule has 0 aliphatic carbocycles. The summed E-state index contributed by atoms with van der Waals surface area (Å²) in [6.45, 7) is 2.86. The van der Waals surface area contributed by atoms with Gasteiger partial charge in [-0.1, -0.05) is 18.2 Å². The van der Waals surface area contributed by atoms with E-state index in [4.69, 9.17) is 9.47 Å². The van der Waals surface area contributed by atoms with Crippen molar-refractivity contribution in [2.45, 2.75) is 19.8 Å². The molecule has 0 atom stereocenters. The van der Waals surface area contributed by atoms with Crippen molar-refractivity contribution >= 4 is 23.0 Å². The van der Waals surface area contributed by atoms with Crippen molar-refractivity contribution in [3.8, 4) is 11.5 Å². The smallest absolute Gasteiger partial charge is 0.162 e. The number of ether oxygens (including phenoxy) is 2. The highest BCUT2D eigenvalue weighted by Gasteiger charge is 2.19. The largest absolute Gasteiger partial charge is 0.493 e. The third kappa shape index (κ3) is 3.58.